The van der Waals surface area contributed by atoms with E-state index in [9.17, 15) is 4.79 Å². The number of hydrogen-bond acceptors (Lipinski definition) is 1. The molecule has 1 nitrogen and oxygen atoms in total. The number of carbonyl (C=O) groups excluding carboxylic acids is 1. The van der Waals surface area contributed by atoms with E-state index in [1.54, 1.807) is 0 Å². The third-order valence-electron chi connectivity index (χ3n) is 3.34. The molecule has 0 N–H and O–H groups in total. The second-order valence-electron chi connectivity index (χ2n) is 4.98. The fourth-order valence-electron chi connectivity index (χ4n) is 2.14. The summed E-state index contributed by atoms with van der Waals surface area (Å²) >= 11 is 0. The van der Waals surface area contributed by atoms with Crippen molar-refractivity contribution in [3.63, 3.8) is 0 Å². The molecule has 2 rings (SSSR count). The maximum atomic E-state index is 12.0. The fraction of sp³-hybridized carbons (Fsp3) is 0.278. The van der Waals surface area contributed by atoms with Crippen molar-refractivity contribution in [2.45, 2.75) is 32.6 Å². The lowest BCUT2D eigenvalue weighted by Gasteiger charge is -2.03. The van der Waals surface area contributed by atoms with E-state index >= 15 is 0 Å². The van der Waals surface area contributed by atoms with Crippen LogP contribution in [-0.2, 0) is 6.42 Å². The lowest BCUT2D eigenvalue weighted by molar-refractivity contribution is 0.0979. The zero-order chi connectivity index (χ0) is 13.5. The van der Waals surface area contributed by atoms with E-state index in [2.05, 4.69) is 24.3 Å². The average molecular weight is 252 g/mol. The monoisotopic (exact) mass is 252 g/mol. The van der Waals surface area contributed by atoms with Gasteiger partial charge in [0.2, 0.25) is 0 Å². The summed E-state index contributed by atoms with van der Waals surface area (Å²) in [5.74, 6) is 0.257. The highest BCUT2D eigenvalue weighted by Gasteiger charge is 2.04. The summed E-state index contributed by atoms with van der Waals surface area (Å²) in [4.78, 5) is 12.0. The molecule has 98 valence electrons. The van der Waals surface area contributed by atoms with Gasteiger partial charge < -0.3 is 0 Å². The minimum absolute atomic E-state index is 0.257. The molecule has 0 aliphatic rings. The van der Waals surface area contributed by atoms with Gasteiger partial charge in [-0.3, -0.25) is 4.79 Å². The Morgan fingerprint density at radius 1 is 0.895 bits per heavy atom. The first-order chi connectivity index (χ1) is 9.25. The first-order valence-corrected chi connectivity index (χ1v) is 6.89. The highest BCUT2D eigenvalue weighted by atomic mass is 16.1. The Bertz CT molecular complexity index is 511. The lowest BCUT2D eigenvalue weighted by atomic mass is 10.0. The molecule has 19 heavy (non-hydrogen) atoms. The van der Waals surface area contributed by atoms with Crippen LogP contribution >= 0.6 is 0 Å². The molecule has 0 atom stereocenters. The van der Waals surface area contributed by atoms with Gasteiger partial charge in [0, 0.05) is 12.0 Å². The lowest BCUT2D eigenvalue weighted by Crippen LogP contribution is -1.99. The third-order valence-corrected chi connectivity index (χ3v) is 3.34. The number of unbranched alkanes of at least 4 members (excludes halogenated alkanes) is 1. The van der Waals surface area contributed by atoms with Gasteiger partial charge in [-0.25, -0.2) is 0 Å². The summed E-state index contributed by atoms with van der Waals surface area (Å²) in [5.41, 5.74) is 3.39. The van der Waals surface area contributed by atoms with Crippen LogP contribution in [0.15, 0.2) is 54.6 Å². The second kappa shape index (κ2) is 6.89. The Balaban J connectivity index is 1.74. The Kier molecular flexibility index (Phi) is 4.91. The molecule has 2 aromatic rings. The van der Waals surface area contributed by atoms with E-state index in [4.69, 9.17) is 0 Å². The van der Waals surface area contributed by atoms with Crippen LogP contribution in [0.2, 0.25) is 0 Å². The van der Waals surface area contributed by atoms with Crippen LogP contribution < -0.4 is 0 Å². The maximum Gasteiger partial charge on any atom is 0.162 e. The van der Waals surface area contributed by atoms with Crippen molar-refractivity contribution < 1.29 is 4.79 Å². The number of Topliss-reactive ketones (excluding diaryl/α,β-unsaturated/α-hetero) is 1. The van der Waals surface area contributed by atoms with E-state index in [0.29, 0.717) is 6.42 Å². The number of benzene rings is 2. The van der Waals surface area contributed by atoms with Crippen molar-refractivity contribution in [3.8, 4) is 0 Å². The fourth-order valence-corrected chi connectivity index (χ4v) is 2.14. The summed E-state index contributed by atoms with van der Waals surface area (Å²) in [5, 5.41) is 0. The van der Waals surface area contributed by atoms with Crippen molar-refractivity contribution in [2.75, 3.05) is 0 Å². The second-order valence-corrected chi connectivity index (χ2v) is 4.98. The molecular weight excluding hydrogens is 232 g/mol. The highest BCUT2D eigenvalue weighted by molar-refractivity contribution is 5.96. The molecule has 0 amide bonds. The Labute approximate surface area is 115 Å². The topological polar surface area (TPSA) is 17.1 Å². The summed E-state index contributed by atoms with van der Waals surface area (Å²) in [6, 6.07) is 18.3. The first-order valence-electron chi connectivity index (χ1n) is 6.89. The van der Waals surface area contributed by atoms with Gasteiger partial charge in [0.25, 0.3) is 0 Å². The van der Waals surface area contributed by atoms with Gasteiger partial charge in [-0.05, 0) is 31.7 Å². The van der Waals surface area contributed by atoms with Crippen molar-refractivity contribution in [3.05, 3.63) is 71.3 Å². The Morgan fingerprint density at radius 2 is 1.58 bits per heavy atom. The van der Waals surface area contributed by atoms with Crippen LogP contribution in [0.5, 0.6) is 0 Å². The molecular formula is C18H20O. The van der Waals surface area contributed by atoms with Gasteiger partial charge in [-0.15, -0.1) is 0 Å². The minimum Gasteiger partial charge on any atom is -0.294 e. The average Bonchev–Trinajstić information content (AvgIpc) is 2.45. The minimum atomic E-state index is 0.257. The number of carbonyl (C=O) groups is 1. The van der Waals surface area contributed by atoms with Gasteiger partial charge in [-0.2, -0.15) is 0 Å². The van der Waals surface area contributed by atoms with E-state index in [-0.39, 0.29) is 5.78 Å². The largest absolute Gasteiger partial charge is 0.294 e. The van der Waals surface area contributed by atoms with Crippen LogP contribution in [0, 0.1) is 6.92 Å². The number of ketones is 1. The molecule has 1 heteroatoms. The zero-order valence-corrected chi connectivity index (χ0v) is 11.4. The van der Waals surface area contributed by atoms with E-state index in [1.165, 1.54) is 11.1 Å². The predicted molar refractivity (Wildman–Crippen MR) is 79.5 cm³/mol. The standard InChI is InChI=1S/C18H20O/c1-15-11-13-17(14-12-15)18(19)10-6-5-9-16-7-3-2-4-8-16/h2-4,7-8,11-14H,5-6,9-10H2,1H3. The molecule has 0 aliphatic carbocycles. The number of hydrogen-bond donors (Lipinski definition) is 0. The molecule has 0 saturated heterocycles. The van der Waals surface area contributed by atoms with Gasteiger partial charge in [0.15, 0.2) is 5.78 Å². The summed E-state index contributed by atoms with van der Waals surface area (Å²) in [7, 11) is 0. The molecule has 0 spiro atoms. The van der Waals surface area contributed by atoms with E-state index < -0.39 is 0 Å². The highest BCUT2D eigenvalue weighted by Crippen LogP contribution is 2.11. The van der Waals surface area contributed by atoms with Gasteiger partial charge in [-0.1, -0.05) is 60.2 Å². The van der Waals surface area contributed by atoms with Crippen LogP contribution in [0.1, 0.15) is 40.7 Å². The molecule has 0 unspecified atom stereocenters. The van der Waals surface area contributed by atoms with E-state index in [0.717, 1.165) is 24.8 Å². The van der Waals surface area contributed by atoms with E-state index in [1.807, 2.05) is 37.3 Å². The number of aryl methyl sites for hydroxylation is 2. The smallest absolute Gasteiger partial charge is 0.162 e. The van der Waals surface area contributed by atoms with Gasteiger partial charge >= 0.3 is 0 Å². The Morgan fingerprint density at radius 3 is 2.26 bits per heavy atom. The van der Waals surface area contributed by atoms with Crippen molar-refractivity contribution >= 4 is 5.78 Å². The molecule has 0 fully saturated rings. The Hall–Kier alpha value is -1.89. The van der Waals surface area contributed by atoms with Crippen molar-refractivity contribution in [1.29, 1.82) is 0 Å². The summed E-state index contributed by atoms with van der Waals surface area (Å²) in [6.07, 6.45) is 3.74. The molecule has 0 saturated carbocycles. The van der Waals surface area contributed by atoms with Crippen molar-refractivity contribution in [2.24, 2.45) is 0 Å². The zero-order valence-electron chi connectivity index (χ0n) is 11.4. The molecule has 0 aliphatic heterocycles. The third kappa shape index (κ3) is 4.36. The molecule has 2 aromatic carbocycles. The van der Waals surface area contributed by atoms with Crippen LogP contribution in [0.25, 0.3) is 0 Å². The summed E-state index contributed by atoms with van der Waals surface area (Å²) < 4.78 is 0. The maximum absolute atomic E-state index is 12.0. The van der Waals surface area contributed by atoms with Crippen LogP contribution in [0.3, 0.4) is 0 Å². The van der Waals surface area contributed by atoms with Gasteiger partial charge in [0.1, 0.15) is 0 Å². The summed E-state index contributed by atoms with van der Waals surface area (Å²) in [6.45, 7) is 2.04. The molecule has 0 aromatic heterocycles. The number of rotatable bonds is 6. The molecule has 0 radical (unpaired) electrons. The van der Waals surface area contributed by atoms with Crippen LogP contribution in [-0.4, -0.2) is 5.78 Å². The van der Waals surface area contributed by atoms with Gasteiger partial charge in [0.05, 0.1) is 0 Å². The van der Waals surface area contributed by atoms with Crippen LogP contribution in [0.4, 0.5) is 0 Å². The van der Waals surface area contributed by atoms with Crippen molar-refractivity contribution in [1.82, 2.24) is 0 Å². The quantitative estimate of drug-likeness (QED) is 0.543. The predicted octanol–water partition coefficient (Wildman–Crippen LogP) is 4.59. The first kappa shape index (κ1) is 13.5. The molecule has 0 bridgehead atoms. The SMILES string of the molecule is Cc1ccc(C(=O)CCCCc2ccccc2)cc1. The normalized spacial score (nSPS) is 10.4. The molecule has 0 heterocycles.